The number of para-hydroxylation sites is 1. The highest BCUT2D eigenvalue weighted by molar-refractivity contribution is 5.93. The lowest BCUT2D eigenvalue weighted by atomic mass is 10.3. The summed E-state index contributed by atoms with van der Waals surface area (Å²) in [5, 5.41) is 13.8. The number of hydrogen-bond acceptors (Lipinski definition) is 4. The molecule has 90 valence electrons. The number of nitroso groups, excluding NO2 is 1. The molecular formula is C10H11N3O4. The van der Waals surface area contributed by atoms with Gasteiger partial charge in [0, 0.05) is 0 Å². The number of nitrogens with one attached hydrogen (secondary N) is 1. The smallest absolute Gasteiger partial charge is 0.345 e. The first kappa shape index (κ1) is 12.6. The number of rotatable bonds is 4. The molecule has 17 heavy (non-hydrogen) atoms. The van der Waals surface area contributed by atoms with Crippen LogP contribution >= 0.6 is 0 Å². The van der Waals surface area contributed by atoms with E-state index in [1.54, 1.807) is 18.2 Å². The van der Waals surface area contributed by atoms with Crippen LogP contribution in [0.25, 0.3) is 0 Å². The number of carbonyl (C=O) groups excluding carboxylic acids is 1. The van der Waals surface area contributed by atoms with Crippen LogP contribution in [0.1, 0.15) is 6.92 Å². The van der Waals surface area contributed by atoms with Crippen molar-refractivity contribution in [1.82, 2.24) is 5.32 Å². The average molecular weight is 237 g/mol. The van der Waals surface area contributed by atoms with E-state index >= 15 is 0 Å². The van der Waals surface area contributed by atoms with Crippen molar-refractivity contribution >= 4 is 17.7 Å². The number of urea groups is 1. The highest BCUT2D eigenvalue weighted by Crippen LogP contribution is 2.13. The number of anilines is 1. The third kappa shape index (κ3) is 3.26. The highest BCUT2D eigenvalue weighted by atomic mass is 16.4. The molecule has 2 N–H and O–H groups in total. The van der Waals surface area contributed by atoms with Crippen molar-refractivity contribution in [3.8, 4) is 0 Å². The Morgan fingerprint density at radius 1 is 1.35 bits per heavy atom. The summed E-state index contributed by atoms with van der Waals surface area (Å²) in [6, 6.07) is 5.99. The molecule has 1 atom stereocenters. The molecule has 1 aromatic carbocycles. The van der Waals surface area contributed by atoms with Gasteiger partial charge >= 0.3 is 12.0 Å². The van der Waals surface area contributed by atoms with Crippen LogP contribution < -0.4 is 10.3 Å². The van der Waals surface area contributed by atoms with E-state index in [-0.39, 0.29) is 5.69 Å². The first-order valence-electron chi connectivity index (χ1n) is 4.78. The van der Waals surface area contributed by atoms with Crippen LogP contribution in [0.5, 0.6) is 0 Å². The molecule has 0 fully saturated rings. The Morgan fingerprint density at radius 2 is 1.94 bits per heavy atom. The van der Waals surface area contributed by atoms with Gasteiger partial charge in [-0.05, 0) is 19.1 Å². The van der Waals surface area contributed by atoms with Crippen molar-refractivity contribution in [2.24, 2.45) is 5.29 Å². The summed E-state index contributed by atoms with van der Waals surface area (Å²) in [7, 11) is 0. The van der Waals surface area contributed by atoms with Crippen LogP contribution in [0.2, 0.25) is 0 Å². The minimum Gasteiger partial charge on any atom is -0.480 e. The Labute approximate surface area is 97.0 Å². The Bertz CT molecular complexity index is 421. The van der Waals surface area contributed by atoms with Gasteiger partial charge in [-0.3, -0.25) is 4.79 Å². The summed E-state index contributed by atoms with van der Waals surface area (Å²) in [4.78, 5) is 32.7. The third-order valence-corrected chi connectivity index (χ3v) is 1.99. The van der Waals surface area contributed by atoms with Crippen molar-refractivity contribution in [3.63, 3.8) is 0 Å². The monoisotopic (exact) mass is 237 g/mol. The molecule has 0 saturated carbocycles. The van der Waals surface area contributed by atoms with Gasteiger partial charge in [0.25, 0.3) is 0 Å². The highest BCUT2D eigenvalue weighted by Gasteiger charge is 2.21. The normalized spacial score (nSPS) is 11.4. The lowest BCUT2D eigenvalue weighted by Gasteiger charge is -2.16. The zero-order chi connectivity index (χ0) is 12.8. The molecule has 1 aromatic rings. The summed E-state index contributed by atoms with van der Waals surface area (Å²) in [5.41, 5.74) is 0.262. The number of carboxylic acid groups (broad SMARTS) is 1. The van der Waals surface area contributed by atoms with Gasteiger partial charge in [0.15, 0.2) is 0 Å². The van der Waals surface area contributed by atoms with Crippen LogP contribution in [-0.2, 0) is 4.79 Å². The van der Waals surface area contributed by atoms with Crippen molar-refractivity contribution in [1.29, 1.82) is 0 Å². The minimum atomic E-state index is -1.20. The molecule has 0 unspecified atom stereocenters. The van der Waals surface area contributed by atoms with Crippen LogP contribution in [0, 0.1) is 4.91 Å². The molecule has 0 bridgehead atoms. The van der Waals surface area contributed by atoms with Gasteiger partial charge in [0.2, 0.25) is 0 Å². The largest absolute Gasteiger partial charge is 0.480 e. The molecule has 7 nitrogen and oxygen atoms in total. The molecule has 2 amide bonds. The number of aliphatic carboxylic acids is 1. The van der Waals surface area contributed by atoms with Crippen LogP contribution in [0.4, 0.5) is 10.5 Å². The van der Waals surface area contributed by atoms with E-state index in [1.807, 2.05) is 0 Å². The maximum atomic E-state index is 11.5. The van der Waals surface area contributed by atoms with Crippen LogP contribution in [-0.4, -0.2) is 23.1 Å². The average Bonchev–Trinajstić information content (AvgIpc) is 2.31. The van der Waals surface area contributed by atoms with E-state index in [4.69, 9.17) is 5.11 Å². The predicted octanol–water partition coefficient (Wildman–Crippen LogP) is 1.36. The summed E-state index contributed by atoms with van der Waals surface area (Å²) in [5.74, 6) is -1.20. The summed E-state index contributed by atoms with van der Waals surface area (Å²) in [6.45, 7) is 1.29. The first-order chi connectivity index (χ1) is 8.06. The minimum absolute atomic E-state index is 0.262. The van der Waals surface area contributed by atoms with Crippen molar-refractivity contribution in [2.75, 3.05) is 5.01 Å². The fraction of sp³-hybridized carbons (Fsp3) is 0.200. The van der Waals surface area contributed by atoms with E-state index in [2.05, 4.69) is 10.6 Å². The Hall–Kier alpha value is -2.44. The number of nitrogens with zero attached hydrogens (tertiary/aromatic N) is 2. The number of benzene rings is 1. The number of hydrogen-bond donors (Lipinski definition) is 2. The van der Waals surface area contributed by atoms with Gasteiger partial charge in [-0.2, -0.15) is 0 Å². The lowest BCUT2D eigenvalue weighted by Crippen LogP contribution is -2.44. The first-order valence-corrected chi connectivity index (χ1v) is 4.78. The summed E-state index contributed by atoms with van der Waals surface area (Å²) >= 11 is 0. The zero-order valence-electron chi connectivity index (χ0n) is 9.03. The van der Waals surface area contributed by atoms with E-state index < -0.39 is 18.0 Å². The van der Waals surface area contributed by atoms with Crippen LogP contribution in [0.15, 0.2) is 35.6 Å². The van der Waals surface area contributed by atoms with Crippen molar-refractivity contribution in [3.05, 3.63) is 35.2 Å². The number of carboxylic acids is 1. The molecule has 0 aliphatic carbocycles. The van der Waals surface area contributed by atoms with Gasteiger partial charge in [0.1, 0.15) is 6.04 Å². The lowest BCUT2D eigenvalue weighted by molar-refractivity contribution is -0.138. The van der Waals surface area contributed by atoms with E-state index in [1.165, 1.54) is 19.1 Å². The molecular weight excluding hydrogens is 226 g/mol. The van der Waals surface area contributed by atoms with Crippen molar-refractivity contribution in [2.45, 2.75) is 13.0 Å². The second-order valence-electron chi connectivity index (χ2n) is 3.24. The SMILES string of the molecule is C[C@H](NC(=O)N(N=O)c1ccccc1)C(=O)O. The van der Waals surface area contributed by atoms with Gasteiger partial charge in [-0.25, -0.2) is 4.79 Å². The quantitative estimate of drug-likeness (QED) is 0.610. The number of amides is 2. The molecule has 0 aromatic heterocycles. The Kier molecular flexibility index (Phi) is 4.15. The van der Waals surface area contributed by atoms with Gasteiger partial charge in [-0.15, -0.1) is 9.92 Å². The standard InChI is InChI=1S/C10H11N3O4/c1-7(9(14)15)11-10(16)13(12-17)8-5-3-2-4-6-8/h2-7H,1H3,(H,11,16)(H,14,15)/t7-/m0/s1. The molecule has 0 radical (unpaired) electrons. The second-order valence-corrected chi connectivity index (χ2v) is 3.24. The molecule has 0 saturated heterocycles. The Morgan fingerprint density at radius 3 is 2.41 bits per heavy atom. The van der Waals surface area contributed by atoms with Crippen LogP contribution in [0.3, 0.4) is 0 Å². The fourth-order valence-electron chi connectivity index (χ4n) is 1.08. The van der Waals surface area contributed by atoms with E-state index in [0.717, 1.165) is 0 Å². The van der Waals surface area contributed by atoms with Crippen molar-refractivity contribution < 1.29 is 14.7 Å². The second kappa shape index (κ2) is 5.59. The Balaban J connectivity index is 2.79. The van der Waals surface area contributed by atoms with Gasteiger partial charge in [0.05, 0.1) is 11.0 Å². The topological polar surface area (TPSA) is 99.1 Å². The van der Waals surface area contributed by atoms with E-state index in [9.17, 15) is 14.5 Å². The van der Waals surface area contributed by atoms with Gasteiger partial charge in [-0.1, -0.05) is 18.2 Å². The maximum Gasteiger partial charge on any atom is 0.345 e. The fourth-order valence-corrected chi connectivity index (χ4v) is 1.08. The molecule has 0 spiro atoms. The molecule has 7 heteroatoms. The van der Waals surface area contributed by atoms with Gasteiger partial charge < -0.3 is 10.4 Å². The third-order valence-electron chi connectivity index (χ3n) is 1.99. The summed E-state index contributed by atoms with van der Waals surface area (Å²) < 4.78 is 0. The molecule has 1 rings (SSSR count). The predicted molar refractivity (Wildman–Crippen MR) is 60.3 cm³/mol. The molecule has 0 aliphatic heterocycles. The number of carbonyl (C=O) groups is 2. The molecule has 0 aliphatic rings. The summed E-state index contributed by atoms with van der Waals surface area (Å²) in [6.07, 6.45) is 0. The zero-order valence-corrected chi connectivity index (χ0v) is 9.03. The molecule has 0 heterocycles. The van der Waals surface area contributed by atoms with E-state index in [0.29, 0.717) is 5.01 Å². The maximum absolute atomic E-state index is 11.5.